The molecule has 1 heterocycles. The normalized spacial score (nSPS) is 19.3. The molecule has 186 valence electrons. The van der Waals surface area contributed by atoms with E-state index in [1.807, 2.05) is 12.1 Å². The van der Waals surface area contributed by atoms with Crippen molar-refractivity contribution < 1.29 is 28.2 Å². The van der Waals surface area contributed by atoms with Gasteiger partial charge in [0, 0.05) is 25.2 Å². The zero-order valence-corrected chi connectivity index (χ0v) is 19.7. The van der Waals surface area contributed by atoms with Crippen molar-refractivity contribution in [2.45, 2.75) is 51.2 Å². The van der Waals surface area contributed by atoms with Crippen molar-refractivity contribution in [3.05, 3.63) is 59.4 Å². The number of para-hydroxylation sites is 1. The molecule has 1 aliphatic heterocycles. The third-order valence-electron chi connectivity index (χ3n) is 6.60. The summed E-state index contributed by atoms with van der Waals surface area (Å²) < 4.78 is 24.2. The average Bonchev–Trinajstić information content (AvgIpc) is 2.86. The average molecular weight is 484 g/mol. The predicted octanol–water partition coefficient (Wildman–Crippen LogP) is 5.09. The molecule has 0 saturated heterocycles. The van der Waals surface area contributed by atoms with Gasteiger partial charge in [0.1, 0.15) is 11.9 Å². The van der Waals surface area contributed by atoms with E-state index in [-0.39, 0.29) is 29.8 Å². The Balaban J connectivity index is 1.26. The summed E-state index contributed by atoms with van der Waals surface area (Å²) in [5.41, 5.74) is 2.74. The highest BCUT2D eigenvalue weighted by atomic mass is 19.1. The van der Waals surface area contributed by atoms with Gasteiger partial charge >= 0.3 is 18.1 Å². The number of rotatable bonds is 5. The molecular weight excluding hydrogens is 453 g/mol. The van der Waals surface area contributed by atoms with Crippen molar-refractivity contribution in [2.75, 3.05) is 24.3 Å². The number of esters is 1. The second kappa shape index (κ2) is 11.2. The minimum atomic E-state index is -0.530. The fraction of sp³-hybridized carbons (Fsp3) is 0.423. The van der Waals surface area contributed by atoms with Crippen LogP contribution in [0.1, 0.15) is 43.2 Å². The second-order valence-corrected chi connectivity index (χ2v) is 9.02. The Hall–Kier alpha value is -3.62. The van der Waals surface area contributed by atoms with Gasteiger partial charge in [-0.3, -0.25) is 4.79 Å². The molecule has 2 aliphatic rings. The van der Waals surface area contributed by atoms with Gasteiger partial charge in [0.25, 0.3) is 0 Å². The lowest BCUT2D eigenvalue weighted by atomic mass is 9.85. The van der Waals surface area contributed by atoms with Crippen LogP contribution in [0.2, 0.25) is 0 Å². The van der Waals surface area contributed by atoms with Gasteiger partial charge in [-0.2, -0.15) is 0 Å². The summed E-state index contributed by atoms with van der Waals surface area (Å²) in [6.07, 6.45) is 3.80. The van der Waals surface area contributed by atoms with Crippen molar-refractivity contribution in [2.24, 2.45) is 5.92 Å². The maximum absolute atomic E-state index is 13.7. The monoisotopic (exact) mass is 483 g/mol. The third kappa shape index (κ3) is 6.49. The number of anilines is 2. The van der Waals surface area contributed by atoms with Crippen molar-refractivity contribution in [1.82, 2.24) is 4.90 Å². The molecule has 1 fully saturated rings. The number of amides is 3. The SMILES string of the molecule is COC(=O)C[C@H]1CC[C@H](OC(=O)N2CCc3cc(NC(=O)Nc4ccccc4F)ccc3C2)CC1. The van der Waals surface area contributed by atoms with E-state index in [1.165, 1.54) is 19.2 Å². The molecule has 0 atom stereocenters. The van der Waals surface area contributed by atoms with Gasteiger partial charge in [-0.1, -0.05) is 18.2 Å². The Morgan fingerprint density at radius 2 is 1.80 bits per heavy atom. The minimum absolute atomic E-state index is 0.106. The Morgan fingerprint density at radius 1 is 1.03 bits per heavy atom. The van der Waals surface area contributed by atoms with Crippen LogP contribution in [0.3, 0.4) is 0 Å². The van der Waals surface area contributed by atoms with E-state index >= 15 is 0 Å². The summed E-state index contributed by atoms with van der Waals surface area (Å²) in [6.45, 7) is 0.960. The summed E-state index contributed by atoms with van der Waals surface area (Å²) in [7, 11) is 1.40. The number of halogens is 1. The maximum atomic E-state index is 13.7. The molecule has 8 nitrogen and oxygen atoms in total. The predicted molar refractivity (Wildman–Crippen MR) is 128 cm³/mol. The highest BCUT2D eigenvalue weighted by molar-refractivity contribution is 5.99. The Kier molecular flexibility index (Phi) is 7.84. The molecule has 2 aromatic rings. The molecule has 1 saturated carbocycles. The number of methoxy groups -OCH3 is 1. The van der Waals surface area contributed by atoms with Crippen LogP contribution < -0.4 is 10.6 Å². The van der Waals surface area contributed by atoms with Gasteiger partial charge in [-0.15, -0.1) is 0 Å². The fourth-order valence-electron chi connectivity index (χ4n) is 4.62. The van der Waals surface area contributed by atoms with Crippen LogP contribution in [-0.2, 0) is 27.2 Å². The van der Waals surface area contributed by atoms with Gasteiger partial charge in [-0.25, -0.2) is 14.0 Å². The maximum Gasteiger partial charge on any atom is 0.410 e. The van der Waals surface area contributed by atoms with Crippen molar-refractivity contribution in [3.63, 3.8) is 0 Å². The lowest BCUT2D eigenvalue weighted by molar-refractivity contribution is -0.142. The molecule has 0 aromatic heterocycles. The highest BCUT2D eigenvalue weighted by Gasteiger charge is 2.29. The number of fused-ring (bicyclic) bond motifs is 1. The van der Waals surface area contributed by atoms with Gasteiger partial charge in [0.2, 0.25) is 0 Å². The zero-order chi connectivity index (χ0) is 24.8. The Morgan fingerprint density at radius 3 is 2.54 bits per heavy atom. The Bertz CT molecular complexity index is 1080. The molecule has 0 radical (unpaired) electrons. The van der Waals surface area contributed by atoms with Gasteiger partial charge in [0.15, 0.2) is 0 Å². The molecule has 35 heavy (non-hydrogen) atoms. The minimum Gasteiger partial charge on any atom is -0.469 e. The van der Waals surface area contributed by atoms with E-state index in [0.717, 1.165) is 36.8 Å². The van der Waals surface area contributed by atoms with Crippen LogP contribution in [0.25, 0.3) is 0 Å². The second-order valence-electron chi connectivity index (χ2n) is 9.02. The number of hydrogen-bond donors (Lipinski definition) is 2. The van der Waals surface area contributed by atoms with E-state index in [9.17, 15) is 18.8 Å². The molecule has 9 heteroatoms. The summed E-state index contributed by atoms with van der Waals surface area (Å²) in [6, 6.07) is 11.0. The number of nitrogens with zero attached hydrogens (tertiary/aromatic N) is 1. The van der Waals surface area contributed by atoms with Crippen LogP contribution in [0.4, 0.5) is 25.4 Å². The zero-order valence-electron chi connectivity index (χ0n) is 19.7. The first-order valence-corrected chi connectivity index (χ1v) is 11.9. The summed E-state index contributed by atoms with van der Waals surface area (Å²) in [5, 5.41) is 5.22. The van der Waals surface area contributed by atoms with E-state index in [2.05, 4.69) is 10.6 Å². The number of hydrogen-bond acceptors (Lipinski definition) is 5. The molecule has 2 N–H and O–H groups in total. The number of nitrogens with one attached hydrogen (secondary N) is 2. The van der Waals surface area contributed by atoms with Crippen LogP contribution >= 0.6 is 0 Å². The van der Waals surface area contributed by atoms with Crippen molar-refractivity contribution in [1.29, 1.82) is 0 Å². The number of benzene rings is 2. The van der Waals surface area contributed by atoms with Gasteiger partial charge in [-0.05, 0) is 73.4 Å². The topological polar surface area (TPSA) is 97.0 Å². The largest absolute Gasteiger partial charge is 0.469 e. The number of urea groups is 1. The lowest BCUT2D eigenvalue weighted by Gasteiger charge is -2.32. The molecule has 2 aromatic carbocycles. The molecule has 3 amide bonds. The smallest absolute Gasteiger partial charge is 0.410 e. The van der Waals surface area contributed by atoms with E-state index in [1.54, 1.807) is 23.1 Å². The number of carbonyl (C=O) groups is 3. The van der Waals surface area contributed by atoms with Gasteiger partial charge < -0.3 is 25.0 Å². The quantitative estimate of drug-likeness (QED) is 0.578. The molecule has 0 bridgehead atoms. The van der Waals surface area contributed by atoms with Crippen LogP contribution in [0.5, 0.6) is 0 Å². The van der Waals surface area contributed by atoms with E-state index in [4.69, 9.17) is 9.47 Å². The van der Waals surface area contributed by atoms with Crippen molar-refractivity contribution >= 4 is 29.5 Å². The first kappa shape index (κ1) is 24.5. The van der Waals surface area contributed by atoms with Crippen LogP contribution in [0.15, 0.2) is 42.5 Å². The highest BCUT2D eigenvalue weighted by Crippen LogP contribution is 2.30. The third-order valence-corrected chi connectivity index (χ3v) is 6.60. The standard InChI is InChI=1S/C26H30FN3O5/c1-34-24(31)14-17-6-10-21(11-7-17)35-26(33)30-13-12-18-15-20(9-8-19(18)16-30)28-25(32)29-23-5-3-2-4-22(23)27/h2-5,8-9,15,17,21H,6-7,10-14,16H2,1H3,(H2,28,29,32)/t17-,21-. The molecule has 1 aliphatic carbocycles. The number of ether oxygens (including phenoxy) is 2. The van der Waals surface area contributed by atoms with Gasteiger partial charge in [0.05, 0.1) is 12.8 Å². The van der Waals surface area contributed by atoms with Crippen LogP contribution in [-0.4, -0.2) is 42.8 Å². The molecule has 0 spiro atoms. The fourth-order valence-corrected chi connectivity index (χ4v) is 4.62. The summed E-state index contributed by atoms with van der Waals surface area (Å²) in [5.74, 6) is -0.410. The summed E-state index contributed by atoms with van der Waals surface area (Å²) in [4.78, 5) is 38.1. The van der Waals surface area contributed by atoms with E-state index in [0.29, 0.717) is 31.6 Å². The molecule has 4 rings (SSSR count). The summed E-state index contributed by atoms with van der Waals surface area (Å²) >= 11 is 0. The van der Waals surface area contributed by atoms with Crippen LogP contribution in [0, 0.1) is 11.7 Å². The first-order chi connectivity index (χ1) is 16.9. The van der Waals surface area contributed by atoms with Crippen molar-refractivity contribution in [3.8, 4) is 0 Å². The molecular formula is C26H30FN3O5. The number of carbonyl (C=O) groups excluding carboxylic acids is 3. The first-order valence-electron chi connectivity index (χ1n) is 11.9. The molecule has 0 unspecified atom stereocenters. The Labute approximate surface area is 203 Å². The lowest BCUT2D eigenvalue weighted by Crippen LogP contribution is -2.39. The van der Waals surface area contributed by atoms with E-state index < -0.39 is 11.8 Å².